The SMILES string of the molecule is O=Nc1ccc(Cc2ccc(N=O)cc2)cc1. The van der Waals surface area contributed by atoms with E-state index < -0.39 is 0 Å². The highest BCUT2D eigenvalue weighted by Crippen LogP contribution is 2.17. The molecule has 0 N–H and O–H groups in total. The molecule has 4 nitrogen and oxygen atoms in total. The molecular weight excluding hydrogens is 216 g/mol. The zero-order valence-corrected chi connectivity index (χ0v) is 9.04. The van der Waals surface area contributed by atoms with Crippen molar-refractivity contribution in [2.24, 2.45) is 10.4 Å². The van der Waals surface area contributed by atoms with Gasteiger partial charge in [-0.2, -0.15) is 0 Å². The van der Waals surface area contributed by atoms with Crippen LogP contribution >= 0.6 is 0 Å². The van der Waals surface area contributed by atoms with E-state index in [1.807, 2.05) is 24.3 Å². The maximum absolute atomic E-state index is 10.3. The number of rotatable bonds is 4. The molecule has 0 radical (unpaired) electrons. The van der Waals surface area contributed by atoms with Gasteiger partial charge in [0.05, 0.1) is 0 Å². The molecule has 4 heteroatoms. The lowest BCUT2D eigenvalue weighted by atomic mass is 10.0. The Morgan fingerprint density at radius 1 is 0.647 bits per heavy atom. The Morgan fingerprint density at radius 2 is 1.00 bits per heavy atom. The van der Waals surface area contributed by atoms with Crippen molar-refractivity contribution in [3.63, 3.8) is 0 Å². The topological polar surface area (TPSA) is 58.9 Å². The molecule has 17 heavy (non-hydrogen) atoms. The van der Waals surface area contributed by atoms with Crippen LogP contribution in [0.2, 0.25) is 0 Å². The van der Waals surface area contributed by atoms with Crippen molar-refractivity contribution >= 4 is 11.4 Å². The van der Waals surface area contributed by atoms with E-state index >= 15 is 0 Å². The molecule has 0 atom stereocenters. The number of benzene rings is 2. The molecule has 0 aromatic heterocycles. The highest BCUT2D eigenvalue weighted by atomic mass is 16.3. The summed E-state index contributed by atoms with van der Waals surface area (Å²) in [7, 11) is 0. The first kappa shape index (κ1) is 11.1. The first-order valence-corrected chi connectivity index (χ1v) is 5.16. The second-order valence-corrected chi connectivity index (χ2v) is 3.69. The minimum absolute atomic E-state index is 0.425. The molecule has 0 aliphatic carbocycles. The first-order chi connectivity index (χ1) is 8.31. The molecule has 0 spiro atoms. The molecule has 2 aromatic carbocycles. The van der Waals surface area contributed by atoms with E-state index in [2.05, 4.69) is 10.4 Å². The van der Waals surface area contributed by atoms with E-state index in [0.29, 0.717) is 11.4 Å². The van der Waals surface area contributed by atoms with Gasteiger partial charge in [0.15, 0.2) is 0 Å². The van der Waals surface area contributed by atoms with E-state index in [9.17, 15) is 9.81 Å². The molecule has 0 amide bonds. The van der Waals surface area contributed by atoms with Gasteiger partial charge in [0, 0.05) is 0 Å². The van der Waals surface area contributed by atoms with Crippen molar-refractivity contribution in [3.05, 3.63) is 69.5 Å². The normalized spacial score (nSPS) is 9.88. The van der Waals surface area contributed by atoms with E-state index in [1.54, 1.807) is 24.3 Å². The molecule has 0 aliphatic rings. The van der Waals surface area contributed by atoms with Gasteiger partial charge in [-0.3, -0.25) is 0 Å². The summed E-state index contributed by atoms with van der Waals surface area (Å²) in [6, 6.07) is 14.2. The van der Waals surface area contributed by atoms with Gasteiger partial charge in [0.25, 0.3) is 0 Å². The molecule has 0 aliphatic heterocycles. The monoisotopic (exact) mass is 226 g/mol. The molecule has 0 bridgehead atoms. The lowest BCUT2D eigenvalue weighted by molar-refractivity contribution is 1.19. The Balaban J connectivity index is 2.13. The molecule has 2 aromatic rings. The fraction of sp³-hybridized carbons (Fsp3) is 0.0769. The fourth-order valence-corrected chi connectivity index (χ4v) is 1.59. The van der Waals surface area contributed by atoms with Crippen molar-refractivity contribution in [1.29, 1.82) is 0 Å². The van der Waals surface area contributed by atoms with E-state index in [-0.39, 0.29) is 0 Å². The maximum Gasteiger partial charge on any atom is 0.108 e. The molecule has 0 fully saturated rings. The summed E-state index contributed by atoms with van der Waals surface area (Å²) in [5.41, 5.74) is 3.02. The molecule has 2 rings (SSSR count). The van der Waals surface area contributed by atoms with Gasteiger partial charge in [-0.15, -0.1) is 9.81 Å². The van der Waals surface area contributed by atoms with Crippen molar-refractivity contribution in [2.45, 2.75) is 6.42 Å². The number of hydrogen-bond donors (Lipinski definition) is 0. The van der Waals surface area contributed by atoms with E-state index in [0.717, 1.165) is 17.5 Å². The Kier molecular flexibility index (Phi) is 3.35. The Labute approximate surface area is 98.2 Å². The Morgan fingerprint density at radius 3 is 1.29 bits per heavy atom. The van der Waals surface area contributed by atoms with Crippen molar-refractivity contribution in [2.75, 3.05) is 0 Å². The second-order valence-electron chi connectivity index (χ2n) is 3.69. The summed E-state index contributed by atoms with van der Waals surface area (Å²) in [6.45, 7) is 0. The van der Waals surface area contributed by atoms with Crippen LogP contribution < -0.4 is 0 Å². The van der Waals surface area contributed by atoms with Crippen LogP contribution in [0, 0.1) is 9.81 Å². The predicted octanol–water partition coefficient (Wildman–Crippen LogP) is 4.07. The Bertz CT molecular complexity index is 469. The predicted molar refractivity (Wildman–Crippen MR) is 66.6 cm³/mol. The zero-order chi connectivity index (χ0) is 12.1. The van der Waals surface area contributed by atoms with Crippen molar-refractivity contribution in [3.8, 4) is 0 Å². The minimum atomic E-state index is 0.425. The number of nitrogens with zero attached hydrogens (tertiary/aromatic N) is 2. The fourth-order valence-electron chi connectivity index (χ4n) is 1.59. The third-order valence-electron chi connectivity index (χ3n) is 2.49. The van der Waals surface area contributed by atoms with Crippen LogP contribution in [-0.4, -0.2) is 0 Å². The van der Waals surface area contributed by atoms with Crippen LogP contribution in [0.15, 0.2) is 58.9 Å². The summed E-state index contributed by atoms with van der Waals surface area (Å²) >= 11 is 0. The van der Waals surface area contributed by atoms with Crippen LogP contribution in [0.5, 0.6) is 0 Å². The summed E-state index contributed by atoms with van der Waals surface area (Å²) in [4.78, 5) is 20.5. The maximum atomic E-state index is 10.3. The van der Waals surface area contributed by atoms with Gasteiger partial charge < -0.3 is 0 Å². The van der Waals surface area contributed by atoms with Crippen LogP contribution in [0.4, 0.5) is 11.4 Å². The average Bonchev–Trinajstić information content (AvgIpc) is 2.40. The molecule has 0 saturated carbocycles. The molecular formula is C13H10N2O2. The summed E-state index contributed by atoms with van der Waals surface area (Å²) in [5.74, 6) is 0. The van der Waals surface area contributed by atoms with Crippen LogP contribution in [0.1, 0.15) is 11.1 Å². The quantitative estimate of drug-likeness (QED) is 0.737. The third kappa shape index (κ3) is 2.81. The highest BCUT2D eigenvalue weighted by Gasteiger charge is 1.98. The zero-order valence-electron chi connectivity index (χ0n) is 9.04. The largest absolute Gasteiger partial charge is 0.145 e. The van der Waals surface area contributed by atoms with Crippen molar-refractivity contribution < 1.29 is 0 Å². The Hall–Kier alpha value is -2.36. The van der Waals surface area contributed by atoms with Crippen LogP contribution in [-0.2, 0) is 6.42 Å². The second kappa shape index (κ2) is 5.12. The van der Waals surface area contributed by atoms with Gasteiger partial charge in [0.1, 0.15) is 11.4 Å². The van der Waals surface area contributed by atoms with E-state index in [4.69, 9.17) is 0 Å². The van der Waals surface area contributed by atoms with Gasteiger partial charge in [-0.1, -0.05) is 24.3 Å². The van der Waals surface area contributed by atoms with Gasteiger partial charge in [0.2, 0.25) is 0 Å². The lowest BCUT2D eigenvalue weighted by Crippen LogP contribution is -1.86. The highest BCUT2D eigenvalue weighted by molar-refractivity contribution is 5.42. The minimum Gasteiger partial charge on any atom is -0.145 e. The van der Waals surface area contributed by atoms with Gasteiger partial charge in [-0.05, 0) is 52.2 Å². The van der Waals surface area contributed by atoms with Gasteiger partial charge >= 0.3 is 0 Å². The first-order valence-electron chi connectivity index (χ1n) is 5.16. The van der Waals surface area contributed by atoms with Crippen LogP contribution in [0.3, 0.4) is 0 Å². The number of hydrogen-bond acceptors (Lipinski definition) is 4. The molecule has 0 heterocycles. The summed E-state index contributed by atoms with van der Waals surface area (Å²) in [5, 5.41) is 5.69. The molecule has 84 valence electrons. The van der Waals surface area contributed by atoms with Crippen LogP contribution in [0.25, 0.3) is 0 Å². The molecule has 0 saturated heterocycles. The smallest absolute Gasteiger partial charge is 0.108 e. The average molecular weight is 226 g/mol. The number of nitroso groups, excluding NO2 is 2. The third-order valence-corrected chi connectivity index (χ3v) is 2.49. The van der Waals surface area contributed by atoms with Crippen molar-refractivity contribution in [1.82, 2.24) is 0 Å². The lowest BCUT2D eigenvalue weighted by Gasteiger charge is -2.01. The summed E-state index contributed by atoms with van der Waals surface area (Å²) in [6.07, 6.45) is 0.748. The summed E-state index contributed by atoms with van der Waals surface area (Å²) < 4.78 is 0. The standard InChI is InChI=1S/C13H10N2O2/c16-14-12-5-1-10(2-6-12)9-11-3-7-13(15-17)8-4-11/h1-8H,9H2. The molecule has 0 unspecified atom stereocenters. The van der Waals surface area contributed by atoms with E-state index in [1.165, 1.54) is 0 Å². The van der Waals surface area contributed by atoms with Gasteiger partial charge in [-0.25, -0.2) is 0 Å².